The van der Waals surface area contributed by atoms with Crippen molar-refractivity contribution in [2.45, 2.75) is 24.3 Å². The number of aliphatic hydroxyl groups is 1. The zero-order chi connectivity index (χ0) is 13.8. The summed E-state index contributed by atoms with van der Waals surface area (Å²) in [4.78, 5) is 14.5. The molecule has 0 aliphatic rings. The molecule has 0 radical (unpaired) electrons. The van der Waals surface area contributed by atoms with E-state index >= 15 is 0 Å². The fourth-order valence-electron chi connectivity index (χ4n) is 1.55. The van der Waals surface area contributed by atoms with Gasteiger partial charge in [0.2, 0.25) is 0 Å². The van der Waals surface area contributed by atoms with E-state index in [-0.39, 0.29) is 12.6 Å². The average molecular weight is 268 g/mol. The van der Waals surface area contributed by atoms with Gasteiger partial charge in [0, 0.05) is 17.6 Å². The second-order valence-electron chi connectivity index (χ2n) is 4.83. The minimum Gasteiger partial charge on any atom is -0.389 e. The summed E-state index contributed by atoms with van der Waals surface area (Å²) in [5.74, 6) is 0. The van der Waals surface area contributed by atoms with Crippen LogP contribution in [0.5, 0.6) is 0 Å². The van der Waals surface area contributed by atoms with E-state index in [0.717, 1.165) is 10.6 Å². The molecule has 0 bridgehead atoms. The summed E-state index contributed by atoms with van der Waals surface area (Å²) in [7, 11) is 1.66. The third-order valence-electron chi connectivity index (χ3n) is 2.31. The molecule has 0 aromatic heterocycles. The Hall–Kier alpha value is -1.20. The molecule has 0 spiro atoms. The van der Waals surface area contributed by atoms with E-state index in [1.165, 1.54) is 4.90 Å². The smallest absolute Gasteiger partial charge is 0.321 e. The average Bonchev–Trinajstić information content (AvgIpc) is 2.27. The lowest BCUT2D eigenvalue weighted by Gasteiger charge is -2.25. The van der Waals surface area contributed by atoms with Crippen molar-refractivity contribution in [2.75, 3.05) is 25.2 Å². The summed E-state index contributed by atoms with van der Waals surface area (Å²) in [5.41, 5.74) is -0.144. The van der Waals surface area contributed by atoms with Crippen LogP contribution in [0.2, 0.25) is 0 Å². The Bertz CT molecular complexity index is 398. The quantitative estimate of drug-likeness (QED) is 0.825. The van der Waals surface area contributed by atoms with Gasteiger partial charge >= 0.3 is 6.03 Å². The molecule has 0 unspecified atom stereocenters. The van der Waals surface area contributed by atoms with Crippen LogP contribution in [0.25, 0.3) is 0 Å². The molecule has 2 amide bonds. The molecule has 18 heavy (non-hydrogen) atoms. The van der Waals surface area contributed by atoms with Crippen molar-refractivity contribution in [3.8, 4) is 0 Å². The summed E-state index contributed by atoms with van der Waals surface area (Å²) < 4.78 is 0. The number of anilines is 1. The second-order valence-corrected chi connectivity index (χ2v) is 5.71. The van der Waals surface area contributed by atoms with Crippen LogP contribution in [0.4, 0.5) is 10.5 Å². The van der Waals surface area contributed by atoms with Crippen molar-refractivity contribution in [1.29, 1.82) is 0 Å². The van der Waals surface area contributed by atoms with Crippen LogP contribution in [-0.4, -0.2) is 41.5 Å². The lowest BCUT2D eigenvalue weighted by molar-refractivity contribution is 0.0550. The number of hydrogen-bond acceptors (Lipinski definition) is 3. The van der Waals surface area contributed by atoms with E-state index in [1.54, 1.807) is 32.7 Å². The summed E-state index contributed by atoms with van der Waals surface area (Å²) in [6, 6.07) is 7.41. The lowest BCUT2D eigenvalue weighted by Crippen LogP contribution is -2.41. The molecule has 0 saturated carbocycles. The number of nitrogens with zero attached hydrogens (tertiary/aromatic N) is 1. The van der Waals surface area contributed by atoms with Gasteiger partial charge < -0.3 is 15.3 Å². The second kappa shape index (κ2) is 6.11. The van der Waals surface area contributed by atoms with Crippen LogP contribution in [0, 0.1) is 0 Å². The highest BCUT2D eigenvalue weighted by atomic mass is 32.2. The van der Waals surface area contributed by atoms with E-state index < -0.39 is 5.60 Å². The molecule has 0 saturated heterocycles. The van der Waals surface area contributed by atoms with Crippen LogP contribution in [-0.2, 0) is 0 Å². The number of amides is 2. The van der Waals surface area contributed by atoms with Crippen molar-refractivity contribution in [2.24, 2.45) is 0 Å². The highest BCUT2D eigenvalue weighted by molar-refractivity contribution is 7.98. The number of carbonyl (C=O) groups excluding carboxylic acids is 1. The standard InChI is InChI=1S/C13H20N2O2S/c1-13(2,17)9-15(3)12(16)14-10-5-7-11(18-4)8-6-10/h5-8,17H,9H2,1-4H3,(H,14,16). The third-order valence-corrected chi connectivity index (χ3v) is 3.06. The monoisotopic (exact) mass is 268 g/mol. The Balaban J connectivity index is 2.58. The molecule has 0 aliphatic carbocycles. The first-order chi connectivity index (χ1) is 8.31. The van der Waals surface area contributed by atoms with Crippen molar-refractivity contribution in [1.82, 2.24) is 4.90 Å². The van der Waals surface area contributed by atoms with Gasteiger partial charge in [-0.3, -0.25) is 0 Å². The minimum atomic E-state index is -0.894. The van der Waals surface area contributed by atoms with Gasteiger partial charge in [0.1, 0.15) is 0 Å². The van der Waals surface area contributed by atoms with Gasteiger partial charge in [-0.2, -0.15) is 0 Å². The highest BCUT2D eigenvalue weighted by Crippen LogP contribution is 2.17. The van der Waals surface area contributed by atoms with E-state index in [4.69, 9.17) is 0 Å². The van der Waals surface area contributed by atoms with Crippen molar-refractivity contribution in [3.05, 3.63) is 24.3 Å². The van der Waals surface area contributed by atoms with Gasteiger partial charge in [-0.1, -0.05) is 0 Å². The van der Waals surface area contributed by atoms with Crippen LogP contribution < -0.4 is 5.32 Å². The maximum atomic E-state index is 11.8. The predicted molar refractivity (Wildman–Crippen MR) is 76.2 cm³/mol. The summed E-state index contributed by atoms with van der Waals surface area (Å²) in [6.45, 7) is 3.62. The summed E-state index contributed by atoms with van der Waals surface area (Å²) in [5, 5.41) is 12.4. The maximum Gasteiger partial charge on any atom is 0.321 e. The van der Waals surface area contributed by atoms with Crippen molar-refractivity contribution in [3.63, 3.8) is 0 Å². The van der Waals surface area contributed by atoms with Crippen LogP contribution >= 0.6 is 11.8 Å². The first-order valence-electron chi connectivity index (χ1n) is 5.70. The molecule has 2 N–H and O–H groups in total. The van der Waals surface area contributed by atoms with Gasteiger partial charge in [-0.05, 0) is 44.4 Å². The Labute approximate surface area is 112 Å². The Morgan fingerprint density at radius 2 is 1.94 bits per heavy atom. The first kappa shape index (κ1) is 14.9. The number of nitrogens with one attached hydrogen (secondary N) is 1. The Morgan fingerprint density at radius 3 is 2.39 bits per heavy atom. The van der Waals surface area contributed by atoms with Gasteiger partial charge in [0.25, 0.3) is 0 Å². The fourth-order valence-corrected chi connectivity index (χ4v) is 1.95. The topological polar surface area (TPSA) is 52.6 Å². The van der Waals surface area contributed by atoms with Gasteiger partial charge in [-0.15, -0.1) is 11.8 Å². The number of rotatable bonds is 4. The maximum absolute atomic E-state index is 11.8. The van der Waals surface area contributed by atoms with E-state index in [2.05, 4.69) is 5.32 Å². The molecule has 100 valence electrons. The Morgan fingerprint density at radius 1 is 1.39 bits per heavy atom. The summed E-state index contributed by atoms with van der Waals surface area (Å²) in [6.07, 6.45) is 2.00. The number of likely N-dealkylation sites (N-methyl/N-ethyl adjacent to an activating group) is 1. The molecule has 1 aromatic carbocycles. The van der Waals surface area contributed by atoms with Gasteiger partial charge in [-0.25, -0.2) is 4.79 Å². The zero-order valence-corrected chi connectivity index (χ0v) is 12.0. The normalized spacial score (nSPS) is 11.2. The number of hydrogen-bond donors (Lipinski definition) is 2. The van der Waals surface area contributed by atoms with E-state index in [1.807, 2.05) is 30.5 Å². The number of thioether (sulfide) groups is 1. The Kier molecular flexibility index (Phi) is 5.04. The molecule has 0 aliphatic heterocycles. The predicted octanol–water partition coefficient (Wildman–Crippen LogP) is 2.64. The molecule has 4 nitrogen and oxygen atoms in total. The molecule has 0 atom stereocenters. The zero-order valence-electron chi connectivity index (χ0n) is 11.2. The van der Waals surface area contributed by atoms with Crippen LogP contribution in [0.3, 0.4) is 0 Å². The molecular weight excluding hydrogens is 248 g/mol. The van der Waals surface area contributed by atoms with E-state index in [9.17, 15) is 9.90 Å². The van der Waals surface area contributed by atoms with Crippen LogP contribution in [0.1, 0.15) is 13.8 Å². The highest BCUT2D eigenvalue weighted by Gasteiger charge is 2.19. The minimum absolute atomic E-state index is 0.228. The lowest BCUT2D eigenvalue weighted by atomic mass is 10.1. The van der Waals surface area contributed by atoms with Crippen molar-refractivity contribution >= 4 is 23.5 Å². The first-order valence-corrected chi connectivity index (χ1v) is 6.93. The molecule has 5 heteroatoms. The molecule has 1 aromatic rings. The van der Waals surface area contributed by atoms with E-state index in [0.29, 0.717) is 0 Å². The van der Waals surface area contributed by atoms with Crippen molar-refractivity contribution < 1.29 is 9.90 Å². The number of carbonyl (C=O) groups is 1. The number of benzene rings is 1. The fraction of sp³-hybridized carbons (Fsp3) is 0.462. The number of urea groups is 1. The molecule has 0 heterocycles. The van der Waals surface area contributed by atoms with Gasteiger partial charge in [0.05, 0.1) is 12.1 Å². The molecule has 0 fully saturated rings. The SMILES string of the molecule is CSc1ccc(NC(=O)N(C)CC(C)(C)O)cc1. The third kappa shape index (κ3) is 4.98. The van der Waals surface area contributed by atoms with Gasteiger partial charge in [0.15, 0.2) is 0 Å². The summed E-state index contributed by atoms with van der Waals surface area (Å²) >= 11 is 1.65. The molecule has 1 rings (SSSR count). The molecular formula is C13H20N2O2S. The largest absolute Gasteiger partial charge is 0.389 e. The van der Waals surface area contributed by atoms with Crippen LogP contribution in [0.15, 0.2) is 29.2 Å².